The highest BCUT2D eigenvalue weighted by molar-refractivity contribution is 6.17. The van der Waals surface area contributed by atoms with Gasteiger partial charge in [-0.05, 0) is 35.6 Å². The van der Waals surface area contributed by atoms with Crippen LogP contribution in [0.5, 0.6) is 0 Å². The number of benzene rings is 4. The minimum Gasteiger partial charge on any atom is -0.354 e. The average molecular weight is 307 g/mol. The topological polar surface area (TPSA) is 15.8 Å². The maximum atomic E-state index is 3.61. The van der Waals surface area contributed by atoms with Gasteiger partial charge in [-0.25, -0.2) is 0 Å². The Bertz CT molecular complexity index is 1190. The van der Waals surface area contributed by atoms with Crippen molar-refractivity contribution in [3.63, 3.8) is 0 Å². The lowest BCUT2D eigenvalue weighted by atomic mass is 10.0. The first-order chi connectivity index (χ1) is 11.8. The van der Waals surface area contributed by atoms with E-state index in [1.54, 1.807) is 0 Å². The molecule has 24 heavy (non-hydrogen) atoms. The highest BCUT2D eigenvalue weighted by atomic mass is 14.7. The predicted octanol–water partition coefficient (Wildman–Crippen LogP) is 6.45. The van der Waals surface area contributed by atoms with E-state index in [2.05, 4.69) is 90.8 Å². The van der Waals surface area contributed by atoms with E-state index in [4.69, 9.17) is 0 Å². The Balaban J connectivity index is 1.81. The van der Waals surface area contributed by atoms with E-state index in [0.717, 1.165) is 0 Å². The van der Waals surface area contributed by atoms with Crippen LogP contribution in [0.2, 0.25) is 0 Å². The Kier molecular flexibility index (Phi) is 2.77. The van der Waals surface area contributed by atoms with Gasteiger partial charge >= 0.3 is 0 Å². The van der Waals surface area contributed by atoms with E-state index in [1.807, 2.05) is 0 Å². The number of hydrogen-bond donors (Lipinski definition) is 1. The Labute approximate surface area is 140 Å². The van der Waals surface area contributed by atoms with Crippen LogP contribution in [0, 0.1) is 6.92 Å². The molecule has 0 fully saturated rings. The van der Waals surface area contributed by atoms with Gasteiger partial charge in [-0.15, -0.1) is 0 Å². The lowest BCUT2D eigenvalue weighted by Gasteiger charge is -2.03. The van der Waals surface area contributed by atoms with Gasteiger partial charge in [-0.1, -0.05) is 72.3 Å². The van der Waals surface area contributed by atoms with Crippen LogP contribution in [0.1, 0.15) is 5.56 Å². The molecule has 0 atom stereocenters. The van der Waals surface area contributed by atoms with Gasteiger partial charge in [0.2, 0.25) is 0 Å². The monoisotopic (exact) mass is 307 g/mol. The molecular formula is C23H17N. The molecule has 0 radical (unpaired) electrons. The third kappa shape index (κ3) is 1.95. The second kappa shape index (κ2) is 4.97. The van der Waals surface area contributed by atoms with Crippen molar-refractivity contribution in [2.45, 2.75) is 6.92 Å². The largest absolute Gasteiger partial charge is 0.354 e. The van der Waals surface area contributed by atoms with Crippen molar-refractivity contribution in [3.05, 3.63) is 84.4 Å². The van der Waals surface area contributed by atoms with Gasteiger partial charge < -0.3 is 4.98 Å². The third-order valence-corrected chi connectivity index (χ3v) is 4.88. The second-order valence-electron chi connectivity index (χ2n) is 6.46. The summed E-state index contributed by atoms with van der Waals surface area (Å²) in [4.78, 5) is 3.61. The number of H-pyrrole nitrogens is 1. The highest BCUT2D eigenvalue weighted by Crippen LogP contribution is 2.33. The maximum Gasteiger partial charge on any atom is 0.0544 e. The van der Waals surface area contributed by atoms with Crippen LogP contribution in [-0.2, 0) is 0 Å². The Morgan fingerprint density at radius 2 is 1.42 bits per heavy atom. The zero-order valence-electron chi connectivity index (χ0n) is 13.5. The first-order valence-electron chi connectivity index (χ1n) is 8.30. The number of nitrogens with one attached hydrogen (secondary N) is 1. The van der Waals surface area contributed by atoms with Crippen LogP contribution in [-0.4, -0.2) is 4.98 Å². The molecule has 0 bridgehead atoms. The molecule has 4 aromatic carbocycles. The van der Waals surface area contributed by atoms with Gasteiger partial charge in [-0.2, -0.15) is 0 Å². The molecule has 0 spiro atoms. The van der Waals surface area contributed by atoms with E-state index in [-0.39, 0.29) is 0 Å². The molecule has 1 heteroatoms. The summed E-state index contributed by atoms with van der Waals surface area (Å²) in [6, 6.07) is 28.4. The third-order valence-electron chi connectivity index (χ3n) is 4.88. The van der Waals surface area contributed by atoms with Crippen LogP contribution in [0.4, 0.5) is 0 Å². The van der Waals surface area contributed by atoms with Crippen molar-refractivity contribution in [1.82, 2.24) is 4.98 Å². The molecule has 5 rings (SSSR count). The molecule has 5 aromatic rings. The summed E-state index contributed by atoms with van der Waals surface area (Å²) in [5.74, 6) is 0. The van der Waals surface area contributed by atoms with Crippen molar-refractivity contribution in [1.29, 1.82) is 0 Å². The van der Waals surface area contributed by atoms with Crippen LogP contribution < -0.4 is 0 Å². The zero-order chi connectivity index (χ0) is 16.1. The Hall–Kier alpha value is -3.06. The van der Waals surface area contributed by atoms with E-state index in [0.29, 0.717) is 0 Å². The number of aryl methyl sites for hydroxylation is 1. The second-order valence-corrected chi connectivity index (χ2v) is 6.46. The fraction of sp³-hybridized carbons (Fsp3) is 0.0435. The number of rotatable bonds is 1. The fourth-order valence-corrected chi connectivity index (χ4v) is 3.57. The molecule has 1 heterocycles. The Morgan fingerprint density at radius 3 is 2.29 bits per heavy atom. The lowest BCUT2D eigenvalue weighted by molar-refractivity contribution is 1.47. The predicted molar refractivity (Wildman–Crippen MR) is 103 cm³/mol. The molecule has 0 saturated carbocycles. The summed E-state index contributed by atoms with van der Waals surface area (Å²) < 4.78 is 0. The standard InChI is InChI=1S/C23H17N/c1-15-6-8-16(9-7-15)18-11-13-22-21(14-18)20-12-10-17-4-2-3-5-19(17)23(20)24-22/h2-14,24H,1H3. The molecule has 0 saturated heterocycles. The summed E-state index contributed by atoms with van der Waals surface area (Å²) in [5.41, 5.74) is 6.23. The van der Waals surface area contributed by atoms with Crippen molar-refractivity contribution in [3.8, 4) is 11.1 Å². The van der Waals surface area contributed by atoms with Gasteiger partial charge in [0.1, 0.15) is 0 Å². The fourth-order valence-electron chi connectivity index (χ4n) is 3.57. The SMILES string of the molecule is Cc1ccc(-c2ccc3[nH]c4c5ccccc5ccc4c3c2)cc1. The maximum absolute atomic E-state index is 3.61. The van der Waals surface area contributed by atoms with E-state index in [9.17, 15) is 0 Å². The van der Waals surface area contributed by atoms with Gasteiger partial charge in [0.25, 0.3) is 0 Å². The van der Waals surface area contributed by atoms with Crippen LogP contribution in [0.3, 0.4) is 0 Å². The molecule has 0 unspecified atom stereocenters. The quantitative estimate of drug-likeness (QED) is 0.366. The number of hydrogen-bond acceptors (Lipinski definition) is 0. The lowest BCUT2D eigenvalue weighted by Crippen LogP contribution is -1.78. The minimum atomic E-state index is 1.19. The first kappa shape index (κ1) is 13.4. The molecule has 114 valence electrons. The van der Waals surface area contributed by atoms with Gasteiger partial charge in [0.15, 0.2) is 0 Å². The average Bonchev–Trinajstić information content (AvgIpc) is 3.01. The molecule has 0 aliphatic rings. The molecule has 0 aliphatic carbocycles. The summed E-state index contributed by atoms with van der Waals surface area (Å²) >= 11 is 0. The van der Waals surface area contributed by atoms with Gasteiger partial charge in [0.05, 0.1) is 5.52 Å². The number of aromatic nitrogens is 1. The van der Waals surface area contributed by atoms with E-state index in [1.165, 1.54) is 49.3 Å². The molecule has 1 aromatic heterocycles. The number of fused-ring (bicyclic) bond motifs is 5. The molecule has 1 N–H and O–H groups in total. The summed E-state index contributed by atoms with van der Waals surface area (Å²) in [6.07, 6.45) is 0. The minimum absolute atomic E-state index is 1.19. The van der Waals surface area contributed by atoms with Crippen LogP contribution in [0.25, 0.3) is 43.7 Å². The van der Waals surface area contributed by atoms with E-state index < -0.39 is 0 Å². The Morgan fingerprint density at radius 1 is 0.625 bits per heavy atom. The zero-order valence-corrected chi connectivity index (χ0v) is 13.5. The van der Waals surface area contributed by atoms with Crippen molar-refractivity contribution in [2.75, 3.05) is 0 Å². The smallest absolute Gasteiger partial charge is 0.0544 e. The van der Waals surface area contributed by atoms with Gasteiger partial charge in [0, 0.05) is 21.7 Å². The van der Waals surface area contributed by atoms with Crippen LogP contribution >= 0.6 is 0 Å². The molecular weight excluding hydrogens is 290 g/mol. The van der Waals surface area contributed by atoms with Crippen molar-refractivity contribution >= 4 is 32.6 Å². The normalized spacial score (nSPS) is 11.5. The molecule has 0 amide bonds. The van der Waals surface area contributed by atoms with Crippen molar-refractivity contribution in [2.24, 2.45) is 0 Å². The summed E-state index contributed by atoms with van der Waals surface area (Å²) in [7, 11) is 0. The van der Waals surface area contributed by atoms with Crippen LogP contribution in [0.15, 0.2) is 78.9 Å². The van der Waals surface area contributed by atoms with Crippen molar-refractivity contribution < 1.29 is 0 Å². The summed E-state index contributed by atoms with van der Waals surface area (Å²) in [5, 5.41) is 5.13. The van der Waals surface area contributed by atoms with Gasteiger partial charge in [-0.3, -0.25) is 0 Å². The summed E-state index contributed by atoms with van der Waals surface area (Å²) in [6.45, 7) is 2.12. The first-order valence-corrected chi connectivity index (χ1v) is 8.30. The highest BCUT2D eigenvalue weighted by Gasteiger charge is 2.08. The van der Waals surface area contributed by atoms with E-state index >= 15 is 0 Å². The number of aromatic amines is 1. The molecule has 0 aliphatic heterocycles. The molecule has 1 nitrogen and oxygen atoms in total.